The lowest BCUT2D eigenvalue weighted by Gasteiger charge is -2.31. The summed E-state index contributed by atoms with van der Waals surface area (Å²) in [5.41, 5.74) is 6.32. The van der Waals surface area contributed by atoms with Crippen LogP contribution in [0.15, 0.2) is 109 Å². The Morgan fingerprint density at radius 1 is 0.270 bits per heavy atom. The minimum absolute atomic E-state index is 0.266. The summed E-state index contributed by atoms with van der Waals surface area (Å²) in [6, 6.07) is 38.1. The third kappa shape index (κ3) is 21.5. The number of ether oxygens (including phenoxy) is 4. The van der Waals surface area contributed by atoms with Crippen molar-refractivity contribution < 1.29 is 38.1 Å². The summed E-state index contributed by atoms with van der Waals surface area (Å²) < 4.78 is 25.6. The molecule has 0 radical (unpaired) electrons. The van der Waals surface area contributed by atoms with Gasteiger partial charge in [-0.05, 0) is 212 Å². The normalized spacial score (nSPS) is 13.0. The molecule has 0 bridgehead atoms. The molecule has 2 aliphatic rings. The first-order chi connectivity index (χ1) is 54.5. The number of carbonyl (C=O) groups excluding carboxylic acids is 4. The number of nitrogens with zero attached hydrogens (tertiary/aromatic N) is 2. The molecular weight excluding hydrogens is 1430 g/mol. The van der Waals surface area contributed by atoms with Gasteiger partial charge in [-0.2, -0.15) is 0 Å². The van der Waals surface area contributed by atoms with E-state index in [0.717, 1.165) is 153 Å². The SMILES string of the molecule is CCCCCCCCCOc1cc(CCCCCCN2C(=O)c3ccc4c5c(-c6ccc(-c7ccc(-c8ccc(C)s8)s7)s6)cc6c7c(ccc(c8c(C)cc(c3c48)C2=O)c75)C(=O)N(CCCCCCc2cc(OCCCCCCCCC)cc(OCCCCCCCCC)c2)C6=O)cc(OCCCCCCCCC)c1. The van der Waals surface area contributed by atoms with Crippen molar-refractivity contribution in [3.8, 4) is 52.9 Å². The second-order valence-corrected chi connectivity index (χ2v) is 35.3. The fraction of sp³-hybridized carbons (Fsp3) is 0.510. The van der Waals surface area contributed by atoms with E-state index >= 15 is 19.2 Å². The standard InChI is InChI=1S/C98H124N2O8S3/c1-7-11-15-19-23-31-39-57-105-73-62-71(63-74(66-73)106-58-40-32-24-20-16-12-8-2)43-35-27-29-37-55-99-95(101)79-49-47-78-90-81(84-51-52-87(110-84)88-54-53-86(111-88)85-50-45-70(6)109-85)68-83-92-80(48-46-77(94(90)92)89-69(5)61-82(97(99)103)91(79)93(78)89)96(102)100(98(83)104)56-38-30-28-36-44-72-64-75(107-59-41-33-25-21-17-13-9-3)67-76(65-72)108-60-42-34-26-22-18-14-10-4/h45-54,61-68H,7-44,55-60H2,1-6H3. The quantitative estimate of drug-likeness (QED) is 0.0160. The minimum Gasteiger partial charge on any atom is -0.493 e. The van der Waals surface area contributed by atoms with Gasteiger partial charge < -0.3 is 18.9 Å². The molecule has 0 saturated carbocycles. The number of aryl methyl sites for hydroxylation is 4. The lowest BCUT2D eigenvalue weighted by molar-refractivity contribution is 0.0592. The van der Waals surface area contributed by atoms with Crippen molar-refractivity contribution in [1.82, 2.24) is 9.80 Å². The molecule has 0 spiro atoms. The van der Waals surface area contributed by atoms with Crippen molar-refractivity contribution in [3.63, 3.8) is 0 Å². The maximum absolute atomic E-state index is 15.5. The molecular formula is C98H124N2O8S3. The van der Waals surface area contributed by atoms with Crippen LogP contribution in [0.5, 0.6) is 23.0 Å². The van der Waals surface area contributed by atoms with E-state index in [2.05, 4.69) is 133 Å². The maximum Gasteiger partial charge on any atom is 0.261 e. The molecule has 10 nitrogen and oxygen atoms in total. The molecule has 0 unspecified atom stereocenters. The van der Waals surface area contributed by atoms with Gasteiger partial charge in [0.05, 0.1) is 26.4 Å². The van der Waals surface area contributed by atoms with Crippen LogP contribution in [0.25, 0.3) is 73.0 Å². The number of imide groups is 2. The fourth-order valence-electron chi connectivity index (χ4n) is 16.9. The van der Waals surface area contributed by atoms with Crippen molar-refractivity contribution in [1.29, 1.82) is 0 Å². The lowest BCUT2D eigenvalue weighted by Crippen LogP contribution is -2.41. The van der Waals surface area contributed by atoms with Crippen molar-refractivity contribution in [3.05, 3.63) is 153 Å². The van der Waals surface area contributed by atoms with Crippen LogP contribution in [-0.2, 0) is 12.8 Å². The molecule has 4 amide bonds. The van der Waals surface area contributed by atoms with E-state index in [1.54, 1.807) is 34.0 Å². The molecule has 0 atom stereocenters. The average Bonchev–Trinajstić information content (AvgIpc) is 1.47. The van der Waals surface area contributed by atoms with Crippen molar-refractivity contribution in [2.24, 2.45) is 0 Å². The zero-order valence-corrected chi connectivity index (χ0v) is 70.3. The van der Waals surface area contributed by atoms with Crippen LogP contribution in [0.4, 0.5) is 0 Å². The number of unbranched alkanes of at least 4 members (excludes halogenated alkanes) is 30. The van der Waals surface area contributed by atoms with Gasteiger partial charge >= 0.3 is 0 Å². The number of carbonyl (C=O) groups is 4. The summed E-state index contributed by atoms with van der Waals surface area (Å²) in [7, 11) is 0. The Bertz CT molecular complexity index is 4610. The molecule has 13 heteroatoms. The molecule has 592 valence electrons. The van der Waals surface area contributed by atoms with E-state index < -0.39 is 0 Å². The van der Waals surface area contributed by atoms with Gasteiger partial charge in [-0.1, -0.05) is 220 Å². The molecule has 0 fully saturated rings. The van der Waals surface area contributed by atoms with Gasteiger partial charge in [-0.3, -0.25) is 29.0 Å². The Kier molecular flexibility index (Phi) is 31.7. The largest absolute Gasteiger partial charge is 0.493 e. The van der Waals surface area contributed by atoms with Crippen LogP contribution in [0.2, 0.25) is 0 Å². The molecule has 10 aromatic rings. The Balaban J connectivity index is 0.749. The number of amides is 4. The van der Waals surface area contributed by atoms with Gasteiger partial charge in [0.2, 0.25) is 0 Å². The molecule has 0 aliphatic carbocycles. The first-order valence-corrected chi connectivity index (χ1v) is 45.9. The predicted octanol–water partition coefficient (Wildman–Crippen LogP) is 28.9. The van der Waals surface area contributed by atoms with E-state index in [-0.39, 0.29) is 23.6 Å². The van der Waals surface area contributed by atoms with E-state index in [1.807, 2.05) is 18.2 Å². The molecule has 0 saturated heterocycles. The summed E-state index contributed by atoms with van der Waals surface area (Å²) in [6.45, 7) is 16.7. The summed E-state index contributed by atoms with van der Waals surface area (Å²) in [4.78, 5) is 70.8. The highest BCUT2D eigenvalue weighted by Gasteiger charge is 2.38. The molecule has 111 heavy (non-hydrogen) atoms. The molecule has 0 N–H and O–H groups in total. The zero-order valence-electron chi connectivity index (χ0n) is 67.9. The molecule has 2 aliphatic heterocycles. The van der Waals surface area contributed by atoms with Crippen LogP contribution in [0.1, 0.15) is 322 Å². The minimum atomic E-state index is -0.275. The average molecular weight is 1550 g/mol. The third-order valence-electron chi connectivity index (χ3n) is 23.0. The number of rotatable bonds is 53. The molecule has 5 heterocycles. The Morgan fingerprint density at radius 2 is 0.595 bits per heavy atom. The van der Waals surface area contributed by atoms with Gasteiger partial charge in [0, 0.05) is 93.1 Å². The van der Waals surface area contributed by atoms with Crippen LogP contribution < -0.4 is 18.9 Å². The van der Waals surface area contributed by atoms with E-state index in [0.29, 0.717) is 85.4 Å². The Morgan fingerprint density at radius 3 is 1.00 bits per heavy atom. The van der Waals surface area contributed by atoms with Crippen LogP contribution in [0, 0.1) is 13.8 Å². The second kappa shape index (κ2) is 42.5. The fourth-order valence-corrected chi connectivity index (χ4v) is 20.0. The van der Waals surface area contributed by atoms with Gasteiger partial charge in [-0.25, -0.2) is 0 Å². The highest BCUT2D eigenvalue weighted by molar-refractivity contribution is 7.27. The van der Waals surface area contributed by atoms with Crippen LogP contribution in [0.3, 0.4) is 0 Å². The lowest BCUT2D eigenvalue weighted by atomic mass is 9.79. The van der Waals surface area contributed by atoms with Crippen LogP contribution in [-0.4, -0.2) is 72.9 Å². The zero-order chi connectivity index (χ0) is 77.3. The van der Waals surface area contributed by atoms with Crippen molar-refractivity contribution >= 4 is 101 Å². The number of hydrogen-bond donors (Lipinski definition) is 0. The number of thiophene rings is 3. The molecule has 7 aromatic carbocycles. The molecule has 12 rings (SSSR count). The topological polar surface area (TPSA) is 112 Å². The van der Waals surface area contributed by atoms with Gasteiger partial charge in [0.15, 0.2) is 0 Å². The van der Waals surface area contributed by atoms with Gasteiger partial charge in [0.1, 0.15) is 23.0 Å². The summed E-state index contributed by atoms with van der Waals surface area (Å²) in [5.74, 6) is 2.45. The Labute approximate surface area is 675 Å². The first-order valence-electron chi connectivity index (χ1n) is 43.5. The first kappa shape index (κ1) is 82.9. The second-order valence-electron chi connectivity index (χ2n) is 31.9. The number of benzene rings is 7. The van der Waals surface area contributed by atoms with E-state index in [1.165, 1.54) is 195 Å². The smallest absolute Gasteiger partial charge is 0.261 e. The monoisotopic (exact) mass is 1550 g/mol. The number of hydrogen-bond acceptors (Lipinski definition) is 11. The third-order valence-corrected chi connectivity index (χ3v) is 26.6. The highest BCUT2D eigenvalue weighted by Crippen LogP contribution is 2.52. The van der Waals surface area contributed by atoms with E-state index in [4.69, 9.17) is 18.9 Å². The highest BCUT2D eigenvalue weighted by atomic mass is 32.1. The summed E-state index contributed by atoms with van der Waals surface area (Å²) in [5, 5.41) is 6.71. The molecule has 3 aromatic heterocycles. The van der Waals surface area contributed by atoms with E-state index in [9.17, 15) is 0 Å². The summed E-state index contributed by atoms with van der Waals surface area (Å²) in [6.07, 6.45) is 43.4. The van der Waals surface area contributed by atoms with Crippen LogP contribution >= 0.6 is 34.0 Å². The van der Waals surface area contributed by atoms with Gasteiger partial charge in [0.25, 0.3) is 23.6 Å². The summed E-state index contributed by atoms with van der Waals surface area (Å²) >= 11 is 5.29. The van der Waals surface area contributed by atoms with Crippen molar-refractivity contribution in [2.75, 3.05) is 39.5 Å². The maximum atomic E-state index is 15.5. The predicted molar refractivity (Wildman–Crippen MR) is 469 cm³/mol. The number of fused-ring (bicyclic) bond motifs is 2. The van der Waals surface area contributed by atoms with Gasteiger partial charge in [-0.15, -0.1) is 34.0 Å². The van der Waals surface area contributed by atoms with Crippen molar-refractivity contribution in [2.45, 2.75) is 286 Å². The Hall–Kier alpha value is -7.58.